The van der Waals surface area contributed by atoms with Gasteiger partial charge in [0.15, 0.2) is 0 Å². The summed E-state index contributed by atoms with van der Waals surface area (Å²) in [5, 5.41) is 9.86. The Bertz CT molecular complexity index is 551. The van der Waals surface area contributed by atoms with Crippen LogP contribution in [0.5, 0.6) is 0 Å². The van der Waals surface area contributed by atoms with Gasteiger partial charge in [-0.1, -0.05) is 0 Å². The first-order valence-electron chi connectivity index (χ1n) is 6.12. The summed E-state index contributed by atoms with van der Waals surface area (Å²) < 4.78 is 25.9. The van der Waals surface area contributed by atoms with Crippen LogP contribution >= 0.6 is 11.3 Å². The number of nitriles is 1. The minimum atomic E-state index is -2.77. The number of hydrogen-bond donors (Lipinski definition) is 0. The van der Waals surface area contributed by atoms with Crippen molar-refractivity contribution in [3.8, 4) is 6.07 Å². The maximum absolute atomic E-state index is 13.0. The van der Waals surface area contributed by atoms with E-state index in [1.807, 2.05) is 6.07 Å². The molecule has 1 amide bonds. The van der Waals surface area contributed by atoms with Gasteiger partial charge in [0, 0.05) is 11.3 Å². The third-order valence-corrected chi connectivity index (χ3v) is 4.36. The van der Waals surface area contributed by atoms with Gasteiger partial charge in [0.2, 0.25) is 0 Å². The lowest BCUT2D eigenvalue weighted by molar-refractivity contribution is -0.194. The lowest BCUT2D eigenvalue weighted by Gasteiger charge is -2.30. The van der Waals surface area contributed by atoms with Crippen molar-refractivity contribution in [3.05, 3.63) is 21.9 Å². The molecule has 0 aromatic carbocycles. The van der Waals surface area contributed by atoms with Crippen LogP contribution in [-0.4, -0.2) is 24.0 Å². The Morgan fingerprint density at radius 1 is 1.60 bits per heavy atom. The maximum atomic E-state index is 13.0. The van der Waals surface area contributed by atoms with Gasteiger partial charge in [-0.2, -0.15) is 5.26 Å². The molecule has 1 fully saturated rings. The summed E-state index contributed by atoms with van der Waals surface area (Å²) in [6.07, 6.45) is -2.23. The highest BCUT2D eigenvalue weighted by Crippen LogP contribution is 2.38. The molecule has 0 spiro atoms. The first kappa shape index (κ1) is 14.9. The number of carbonyl (C=O) groups is 1. The molecule has 1 aromatic rings. The lowest BCUT2D eigenvalue weighted by Crippen LogP contribution is -2.43. The highest BCUT2D eigenvalue weighted by atomic mass is 32.1. The zero-order valence-electron chi connectivity index (χ0n) is 11.1. The Kier molecular flexibility index (Phi) is 4.06. The van der Waals surface area contributed by atoms with E-state index >= 15 is 0 Å². The first-order valence-corrected chi connectivity index (χ1v) is 6.94. The van der Waals surface area contributed by atoms with Crippen molar-refractivity contribution in [2.45, 2.75) is 32.7 Å². The Balaban J connectivity index is 2.24. The molecule has 7 heteroatoms. The van der Waals surface area contributed by atoms with E-state index in [0.717, 1.165) is 9.94 Å². The number of carbonyl (C=O) groups excluding carboxylic acids is 1. The van der Waals surface area contributed by atoms with Crippen LogP contribution in [0.1, 0.15) is 36.1 Å². The number of hydrogen-bond acceptors (Lipinski definition) is 4. The van der Waals surface area contributed by atoms with Crippen molar-refractivity contribution in [3.63, 3.8) is 0 Å². The van der Waals surface area contributed by atoms with Gasteiger partial charge in [0.25, 0.3) is 12.3 Å². The smallest absolute Gasteiger partial charge is 0.258 e. The van der Waals surface area contributed by atoms with Gasteiger partial charge in [-0.3, -0.25) is 9.63 Å². The van der Waals surface area contributed by atoms with E-state index in [0.29, 0.717) is 17.9 Å². The minimum Gasteiger partial charge on any atom is -0.272 e. The molecule has 1 aliphatic rings. The van der Waals surface area contributed by atoms with E-state index in [1.54, 1.807) is 12.1 Å². The molecule has 0 unspecified atom stereocenters. The van der Waals surface area contributed by atoms with Crippen LogP contribution in [0.4, 0.5) is 8.78 Å². The fourth-order valence-electron chi connectivity index (χ4n) is 1.90. The summed E-state index contributed by atoms with van der Waals surface area (Å²) in [5.41, 5.74) is -1.79. The molecule has 0 saturated carbocycles. The zero-order chi connectivity index (χ0) is 14.9. The van der Waals surface area contributed by atoms with Gasteiger partial charge in [0.05, 0.1) is 12.6 Å². The molecule has 4 nitrogen and oxygen atoms in total. The summed E-state index contributed by atoms with van der Waals surface area (Å²) in [7, 11) is 0. The van der Waals surface area contributed by atoms with E-state index in [4.69, 9.17) is 10.1 Å². The van der Waals surface area contributed by atoms with Crippen LogP contribution in [0.15, 0.2) is 12.1 Å². The largest absolute Gasteiger partial charge is 0.272 e. The SMILES string of the molecule is CC(C)(C(=O)N1OCC[C@@H]1c1ccc(C#N)s1)C(F)F. The highest BCUT2D eigenvalue weighted by molar-refractivity contribution is 7.12. The molecule has 1 atom stereocenters. The summed E-state index contributed by atoms with van der Waals surface area (Å²) in [4.78, 5) is 18.8. The molecule has 0 radical (unpaired) electrons. The van der Waals surface area contributed by atoms with E-state index in [2.05, 4.69) is 0 Å². The molecule has 108 valence electrons. The Morgan fingerprint density at radius 2 is 2.30 bits per heavy atom. The number of rotatable bonds is 3. The fourth-order valence-corrected chi connectivity index (χ4v) is 2.82. The van der Waals surface area contributed by atoms with E-state index < -0.39 is 23.8 Å². The van der Waals surface area contributed by atoms with Crippen molar-refractivity contribution < 1.29 is 18.4 Å². The fraction of sp³-hybridized carbons (Fsp3) is 0.538. The van der Waals surface area contributed by atoms with Gasteiger partial charge in [-0.05, 0) is 26.0 Å². The Labute approximate surface area is 119 Å². The third kappa shape index (κ3) is 2.53. The van der Waals surface area contributed by atoms with Crippen LogP contribution in [0.3, 0.4) is 0 Å². The van der Waals surface area contributed by atoms with E-state index in [1.165, 1.54) is 25.2 Å². The Morgan fingerprint density at radius 3 is 2.85 bits per heavy atom. The van der Waals surface area contributed by atoms with Crippen molar-refractivity contribution in [2.75, 3.05) is 6.61 Å². The number of thiophene rings is 1. The van der Waals surface area contributed by atoms with Crippen molar-refractivity contribution in [1.29, 1.82) is 5.26 Å². The van der Waals surface area contributed by atoms with Gasteiger partial charge < -0.3 is 0 Å². The maximum Gasteiger partial charge on any atom is 0.258 e. The number of halogens is 2. The molecule has 2 heterocycles. The average molecular weight is 300 g/mol. The predicted octanol–water partition coefficient (Wildman–Crippen LogP) is 3.12. The van der Waals surface area contributed by atoms with Gasteiger partial charge in [-0.15, -0.1) is 11.3 Å². The van der Waals surface area contributed by atoms with Gasteiger partial charge in [0.1, 0.15) is 16.4 Å². The standard InChI is InChI=1S/C13H14F2N2O2S/c1-13(2,11(14)15)12(18)17-9(5-6-19-17)10-4-3-8(7-16)20-10/h3-4,9,11H,5-6H2,1-2H3/t9-/m1/s1. The van der Waals surface area contributed by atoms with Crippen LogP contribution in [-0.2, 0) is 9.63 Å². The second-order valence-corrected chi connectivity index (χ2v) is 6.22. The average Bonchev–Trinajstić information content (AvgIpc) is 3.05. The van der Waals surface area contributed by atoms with Crippen LogP contribution < -0.4 is 0 Å². The molecular weight excluding hydrogens is 286 g/mol. The van der Waals surface area contributed by atoms with Crippen LogP contribution in [0, 0.1) is 16.7 Å². The van der Waals surface area contributed by atoms with Gasteiger partial charge >= 0.3 is 0 Å². The topological polar surface area (TPSA) is 53.3 Å². The summed E-state index contributed by atoms with van der Waals surface area (Å²) in [5.74, 6) is -0.734. The van der Waals surface area contributed by atoms with Crippen LogP contribution in [0.2, 0.25) is 0 Å². The quantitative estimate of drug-likeness (QED) is 0.862. The highest BCUT2D eigenvalue weighted by Gasteiger charge is 2.45. The van der Waals surface area contributed by atoms with Crippen molar-refractivity contribution in [1.82, 2.24) is 5.06 Å². The van der Waals surface area contributed by atoms with Crippen LogP contribution in [0.25, 0.3) is 0 Å². The third-order valence-electron chi connectivity index (χ3n) is 3.27. The minimum absolute atomic E-state index is 0.301. The number of hydroxylamine groups is 2. The molecule has 1 aliphatic heterocycles. The number of amides is 1. The molecular formula is C13H14F2N2O2S. The monoisotopic (exact) mass is 300 g/mol. The molecule has 1 aromatic heterocycles. The molecule has 1 saturated heterocycles. The molecule has 0 bridgehead atoms. The second-order valence-electron chi connectivity index (χ2n) is 5.10. The number of nitrogens with zero attached hydrogens (tertiary/aromatic N) is 2. The van der Waals surface area contributed by atoms with Crippen molar-refractivity contribution >= 4 is 17.2 Å². The molecule has 20 heavy (non-hydrogen) atoms. The summed E-state index contributed by atoms with van der Waals surface area (Å²) >= 11 is 1.25. The predicted molar refractivity (Wildman–Crippen MR) is 69.0 cm³/mol. The molecule has 0 aliphatic carbocycles. The van der Waals surface area contributed by atoms with E-state index in [9.17, 15) is 13.6 Å². The summed E-state index contributed by atoms with van der Waals surface area (Å²) in [6, 6.07) is 5.01. The zero-order valence-corrected chi connectivity index (χ0v) is 11.9. The molecule has 2 rings (SSSR count). The van der Waals surface area contributed by atoms with E-state index in [-0.39, 0.29) is 0 Å². The van der Waals surface area contributed by atoms with Crippen molar-refractivity contribution in [2.24, 2.45) is 5.41 Å². The first-order chi connectivity index (χ1) is 9.37. The Hall–Kier alpha value is -1.52. The second kappa shape index (κ2) is 5.46. The molecule has 0 N–H and O–H groups in total. The van der Waals surface area contributed by atoms with Gasteiger partial charge in [-0.25, -0.2) is 13.8 Å². The number of alkyl halides is 2. The lowest BCUT2D eigenvalue weighted by atomic mass is 9.92. The normalized spacial score (nSPS) is 19.4. The summed E-state index contributed by atoms with van der Waals surface area (Å²) in [6.45, 7) is 2.71.